The smallest absolute Gasteiger partial charge is 0.218 e. The van der Waals surface area contributed by atoms with E-state index in [2.05, 4.69) is 17.0 Å². The minimum Gasteiger partial charge on any atom is -0.369 e. The summed E-state index contributed by atoms with van der Waals surface area (Å²) >= 11 is 0. The predicted octanol–water partition coefficient (Wildman–Crippen LogP) is 0.876. The zero-order valence-electron chi connectivity index (χ0n) is 11.9. The molecule has 2 rings (SSSR count). The van der Waals surface area contributed by atoms with E-state index in [4.69, 9.17) is 5.73 Å². The third kappa shape index (κ3) is 3.13. The molecule has 20 heavy (non-hydrogen) atoms. The quantitative estimate of drug-likeness (QED) is 0.876. The van der Waals surface area contributed by atoms with Gasteiger partial charge < -0.3 is 10.6 Å². The van der Waals surface area contributed by atoms with Gasteiger partial charge in [-0.25, -0.2) is 8.42 Å². The number of benzene rings is 1. The molecule has 1 unspecified atom stereocenters. The zero-order chi connectivity index (χ0) is 14.6. The van der Waals surface area contributed by atoms with Gasteiger partial charge in [0.2, 0.25) is 10.0 Å². The van der Waals surface area contributed by atoms with Crippen LogP contribution in [0.4, 0.5) is 5.69 Å². The summed E-state index contributed by atoms with van der Waals surface area (Å²) in [5.41, 5.74) is 6.73. The molecule has 1 aliphatic heterocycles. The maximum Gasteiger partial charge on any atom is 0.218 e. The van der Waals surface area contributed by atoms with Gasteiger partial charge in [0.15, 0.2) is 0 Å². The fourth-order valence-corrected chi connectivity index (χ4v) is 4.31. The predicted molar refractivity (Wildman–Crippen MR) is 82.3 cm³/mol. The number of sulfonamides is 1. The highest BCUT2D eigenvalue weighted by atomic mass is 32.2. The van der Waals surface area contributed by atoms with Crippen LogP contribution >= 0.6 is 0 Å². The Morgan fingerprint density at radius 3 is 2.25 bits per heavy atom. The van der Waals surface area contributed by atoms with Crippen LogP contribution in [-0.4, -0.2) is 50.7 Å². The average Bonchev–Trinajstić information content (AvgIpc) is 2.49. The van der Waals surface area contributed by atoms with Crippen LogP contribution < -0.4 is 10.6 Å². The molecular weight excluding hydrogens is 274 g/mol. The van der Waals surface area contributed by atoms with Crippen LogP contribution in [0.15, 0.2) is 30.3 Å². The summed E-state index contributed by atoms with van der Waals surface area (Å²) in [4.78, 5) is 2.22. The van der Waals surface area contributed by atoms with Crippen LogP contribution in [0.3, 0.4) is 0 Å². The van der Waals surface area contributed by atoms with Crippen LogP contribution in [0, 0.1) is 0 Å². The van der Waals surface area contributed by atoms with Gasteiger partial charge in [-0.2, -0.15) is 4.31 Å². The summed E-state index contributed by atoms with van der Waals surface area (Å²) in [7, 11) is -3.25. The molecule has 6 heteroatoms. The summed E-state index contributed by atoms with van der Waals surface area (Å²) in [5.74, 6) is 0. The van der Waals surface area contributed by atoms with Gasteiger partial charge in [0.05, 0.1) is 5.25 Å². The van der Waals surface area contributed by atoms with Crippen molar-refractivity contribution in [1.82, 2.24) is 4.31 Å². The molecule has 0 aromatic heterocycles. The largest absolute Gasteiger partial charge is 0.369 e. The third-order valence-corrected chi connectivity index (χ3v) is 6.31. The number of anilines is 1. The van der Waals surface area contributed by atoms with Crippen molar-refractivity contribution in [3.05, 3.63) is 30.3 Å². The number of hydrogen-bond acceptors (Lipinski definition) is 4. The highest BCUT2D eigenvalue weighted by molar-refractivity contribution is 7.89. The lowest BCUT2D eigenvalue weighted by atomic mass is 10.2. The zero-order valence-corrected chi connectivity index (χ0v) is 12.7. The molecule has 1 aliphatic rings. The van der Waals surface area contributed by atoms with Crippen molar-refractivity contribution in [2.75, 3.05) is 37.6 Å². The van der Waals surface area contributed by atoms with E-state index in [1.807, 2.05) is 25.1 Å². The van der Waals surface area contributed by atoms with E-state index in [1.165, 1.54) is 0 Å². The van der Waals surface area contributed by atoms with Crippen molar-refractivity contribution >= 4 is 15.7 Å². The van der Waals surface area contributed by atoms with E-state index in [0.717, 1.165) is 18.8 Å². The lowest BCUT2D eigenvalue weighted by molar-refractivity contribution is 0.378. The molecule has 5 nitrogen and oxygen atoms in total. The van der Waals surface area contributed by atoms with E-state index in [-0.39, 0.29) is 6.54 Å². The molecular formula is C14H23N3O2S. The van der Waals surface area contributed by atoms with Gasteiger partial charge in [-0.1, -0.05) is 25.1 Å². The van der Waals surface area contributed by atoms with E-state index >= 15 is 0 Å². The minimum absolute atomic E-state index is 0.192. The van der Waals surface area contributed by atoms with Crippen molar-refractivity contribution in [3.63, 3.8) is 0 Å². The Labute approximate surface area is 121 Å². The molecule has 1 fully saturated rings. The Morgan fingerprint density at radius 2 is 1.75 bits per heavy atom. The first-order valence-electron chi connectivity index (χ1n) is 7.08. The number of piperazine rings is 1. The van der Waals surface area contributed by atoms with Gasteiger partial charge in [0.1, 0.15) is 0 Å². The van der Waals surface area contributed by atoms with Gasteiger partial charge in [-0.05, 0) is 18.6 Å². The van der Waals surface area contributed by atoms with E-state index < -0.39 is 15.3 Å². The van der Waals surface area contributed by atoms with Crippen LogP contribution in [-0.2, 0) is 10.0 Å². The molecule has 1 atom stereocenters. The Morgan fingerprint density at radius 1 is 1.15 bits per heavy atom. The first kappa shape index (κ1) is 15.3. The maximum absolute atomic E-state index is 12.4. The Bertz CT molecular complexity index is 506. The van der Waals surface area contributed by atoms with E-state index in [9.17, 15) is 8.42 Å². The normalized spacial score (nSPS) is 19.0. The molecule has 0 radical (unpaired) electrons. The molecule has 0 spiro atoms. The van der Waals surface area contributed by atoms with Gasteiger partial charge in [-0.3, -0.25) is 0 Å². The Kier molecular flexibility index (Phi) is 5.01. The molecule has 0 saturated carbocycles. The van der Waals surface area contributed by atoms with Crippen LogP contribution in [0.1, 0.15) is 13.3 Å². The van der Waals surface area contributed by atoms with Crippen molar-refractivity contribution in [1.29, 1.82) is 0 Å². The van der Waals surface area contributed by atoms with E-state index in [0.29, 0.717) is 19.5 Å². The molecule has 1 heterocycles. The number of para-hydroxylation sites is 1. The molecule has 112 valence electrons. The summed E-state index contributed by atoms with van der Waals surface area (Å²) in [5, 5.41) is -0.453. The topological polar surface area (TPSA) is 66.6 Å². The van der Waals surface area contributed by atoms with Gasteiger partial charge in [-0.15, -0.1) is 0 Å². The maximum atomic E-state index is 12.4. The second kappa shape index (κ2) is 6.56. The summed E-state index contributed by atoms with van der Waals surface area (Å²) < 4.78 is 26.4. The van der Waals surface area contributed by atoms with Gasteiger partial charge in [0, 0.05) is 38.4 Å². The standard InChI is InChI=1S/C14H23N3O2S/c1-2-14(12-15)20(18,19)17-10-8-16(9-11-17)13-6-4-3-5-7-13/h3-7,14H,2,8-12,15H2,1H3. The third-order valence-electron chi connectivity index (χ3n) is 3.86. The highest BCUT2D eigenvalue weighted by Gasteiger charge is 2.32. The number of nitrogens with two attached hydrogens (primary N) is 1. The SMILES string of the molecule is CCC(CN)S(=O)(=O)N1CCN(c2ccccc2)CC1. The van der Waals surface area contributed by atoms with Crippen molar-refractivity contribution in [3.8, 4) is 0 Å². The number of hydrogen-bond donors (Lipinski definition) is 1. The molecule has 0 amide bonds. The van der Waals surface area contributed by atoms with E-state index in [1.54, 1.807) is 4.31 Å². The molecule has 1 saturated heterocycles. The second-order valence-corrected chi connectivity index (χ2v) is 7.25. The molecule has 1 aromatic rings. The number of rotatable bonds is 5. The van der Waals surface area contributed by atoms with Crippen LogP contribution in [0.25, 0.3) is 0 Å². The summed E-state index contributed by atoms with van der Waals surface area (Å²) in [6.07, 6.45) is 0.567. The lowest BCUT2D eigenvalue weighted by Gasteiger charge is -2.36. The Balaban J connectivity index is 2.01. The first-order chi connectivity index (χ1) is 9.59. The molecule has 0 bridgehead atoms. The fraction of sp³-hybridized carbons (Fsp3) is 0.571. The average molecular weight is 297 g/mol. The van der Waals surface area contributed by atoms with Crippen LogP contribution in [0.5, 0.6) is 0 Å². The molecule has 2 N–H and O–H groups in total. The number of nitrogens with zero attached hydrogens (tertiary/aromatic N) is 2. The molecule has 1 aromatic carbocycles. The van der Waals surface area contributed by atoms with Gasteiger partial charge in [0.25, 0.3) is 0 Å². The van der Waals surface area contributed by atoms with Gasteiger partial charge >= 0.3 is 0 Å². The van der Waals surface area contributed by atoms with Crippen molar-refractivity contribution in [2.24, 2.45) is 5.73 Å². The van der Waals surface area contributed by atoms with Crippen molar-refractivity contribution in [2.45, 2.75) is 18.6 Å². The second-order valence-electron chi connectivity index (χ2n) is 5.03. The fourth-order valence-electron chi connectivity index (χ4n) is 2.55. The first-order valence-corrected chi connectivity index (χ1v) is 8.59. The lowest BCUT2D eigenvalue weighted by Crippen LogP contribution is -2.52. The Hall–Kier alpha value is -1.11. The highest BCUT2D eigenvalue weighted by Crippen LogP contribution is 2.19. The summed E-state index contributed by atoms with van der Waals surface area (Å²) in [6.45, 7) is 4.59. The minimum atomic E-state index is -3.25. The summed E-state index contributed by atoms with van der Waals surface area (Å²) in [6, 6.07) is 10.1. The molecule has 0 aliphatic carbocycles. The monoisotopic (exact) mass is 297 g/mol. The van der Waals surface area contributed by atoms with Crippen molar-refractivity contribution < 1.29 is 8.42 Å². The van der Waals surface area contributed by atoms with Crippen LogP contribution in [0.2, 0.25) is 0 Å².